The molecular weight excluding hydrogens is 434 g/mol. The number of carbonyl (C=O) groups excluding carboxylic acids is 3. The fourth-order valence-electron chi connectivity index (χ4n) is 5.29. The summed E-state index contributed by atoms with van der Waals surface area (Å²) >= 11 is 0. The van der Waals surface area contributed by atoms with Crippen molar-refractivity contribution >= 4 is 29.5 Å². The zero-order valence-electron chi connectivity index (χ0n) is 19.4. The lowest BCUT2D eigenvalue weighted by molar-refractivity contribution is -0.123. The van der Waals surface area contributed by atoms with Gasteiger partial charge < -0.3 is 9.47 Å². The molecule has 8 nitrogen and oxygen atoms in total. The number of hydrazone groups is 1. The number of fused-ring (bicyclic) bond motifs is 3. The average molecular weight is 460 g/mol. The van der Waals surface area contributed by atoms with Gasteiger partial charge in [-0.1, -0.05) is 23.8 Å². The van der Waals surface area contributed by atoms with Gasteiger partial charge >= 0.3 is 0 Å². The minimum absolute atomic E-state index is 0.297. The second-order valence-corrected chi connectivity index (χ2v) is 8.75. The third-order valence-corrected chi connectivity index (χ3v) is 6.82. The quantitative estimate of drug-likeness (QED) is 0.505. The molecule has 0 bridgehead atoms. The molecule has 2 amide bonds. The Bertz CT molecular complexity index is 1270. The number of ketones is 1. The molecule has 174 valence electrons. The van der Waals surface area contributed by atoms with Crippen molar-refractivity contribution in [3.8, 4) is 11.5 Å². The molecule has 2 aromatic rings. The molecule has 2 saturated heterocycles. The third-order valence-electron chi connectivity index (χ3n) is 6.82. The van der Waals surface area contributed by atoms with E-state index < -0.39 is 23.9 Å². The predicted molar refractivity (Wildman–Crippen MR) is 126 cm³/mol. The van der Waals surface area contributed by atoms with Gasteiger partial charge in [-0.25, -0.2) is 4.90 Å². The monoisotopic (exact) mass is 459 g/mol. The van der Waals surface area contributed by atoms with E-state index in [0.29, 0.717) is 22.7 Å². The zero-order valence-corrected chi connectivity index (χ0v) is 19.4. The van der Waals surface area contributed by atoms with Gasteiger partial charge in [0.05, 0.1) is 37.8 Å². The lowest BCUT2D eigenvalue weighted by atomic mass is 9.86. The van der Waals surface area contributed by atoms with E-state index in [2.05, 4.69) is 5.10 Å². The molecule has 8 heteroatoms. The highest BCUT2D eigenvalue weighted by Crippen LogP contribution is 2.47. The number of aryl methyl sites for hydroxylation is 2. The van der Waals surface area contributed by atoms with E-state index in [-0.39, 0.29) is 17.6 Å². The second kappa shape index (κ2) is 8.13. The minimum Gasteiger partial charge on any atom is -0.493 e. The molecule has 2 fully saturated rings. The Balaban J connectivity index is 1.58. The molecule has 3 heterocycles. The maximum Gasteiger partial charge on any atom is 0.240 e. The first kappa shape index (κ1) is 21.9. The van der Waals surface area contributed by atoms with Crippen LogP contribution in [0.2, 0.25) is 0 Å². The van der Waals surface area contributed by atoms with Gasteiger partial charge in [-0.2, -0.15) is 5.10 Å². The van der Waals surface area contributed by atoms with E-state index in [9.17, 15) is 14.4 Å². The fraction of sp³-hybridized carbons (Fsp3) is 0.308. The zero-order chi connectivity index (χ0) is 24.1. The molecule has 0 saturated carbocycles. The molecule has 34 heavy (non-hydrogen) atoms. The minimum atomic E-state index is -0.915. The van der Waals surface area contributed by atoms with Crippen molar-refractivity contribution < 1.29 is 23.9 Å². The molecule has 2 aromatic carbocycles. The summed E-state index contributed by atoms with van der Waals surface area (Å²) in [5, 5.41) is 6.00. The van der Waals surface area contributed by atoms with Crippen molar-refractivity contribution in [3.63, 3.8) is 0 Å². The van der Waals surface area contributed by atoms with Gasteiger partial charge in [0.2, 0.25) is 11.8 Å². The van der Waals surface area contributed by atoms with Crippen LogP contribution in [0.25, 0.3) is 0 Å². The number of imide groups is 1. The Labute approximate surface area is 197 Å². The first-order chi connectivity index (χ1) is 16.4. The van der Waals surface area contributed by atoms with Crippen molar-refractivity contribution in [2.45, 2.75) is 25.9 Å². The first-order valence-corrected chi connectivity index (χ1v) is 11.1. The van der Waals surface area contributed by atoms with Crippen LogP contribution < -0.4 is 14.4 Å². The SMILES string of the molecule is COc1ccc(C(=O)C2C3C(=O)N(c4ccc(C)cc4C)C(=O)C3C3C=CC=NN32)cc1OC. The number of carbonyl (C=O) groups is 3. The number of hydrogen-bond acceptors (Lipinski definition) is 7. The van der Waals surface area contributed by atoms with Gasteiger partial charge in [0.25, 0.3) is 0 Å². The number of hydrogen-bond donors (Lipinski definition) is 0. The molecule has 0 spiro atoms. The van der Waals surface area contributed by atoms with Crippen LogP contribution in [0.3, 0.4) is 0 Å². The summed E-state index contributed by atoms with van der Waals surface area (Å²) in [5.41, 5.74) is 2.79. The van der Waals surface area contributed by atoms with E-state index in [1.54, 1.807) is 41.6 Å². The van der Waals surface area contributed by atoms with E-state index in [1.165, 1.54) is 19.1 Å². The highest BCUT2D eigenvalue weighted by molar-refractivity contribution is 6.25. The molecule has 0 radical (unpaired) electrons. The molecule has 0 aliphatic carbocycles. The lowest BCUT2D eigenvalue weighted by Gasteiger charge is -2.30. The van der Waals surface area contributed by atoms with Crippen LogP contribution in [0.1, 0.15) is 21.5 Å². The van der Waals surface area contributed by atoms with Crippen molar-refractivity contribution in [1.29, 1.82) is 0 Å². The number of amides is 2. The van der Waals surface area contributed by atoms with Crippen LogP contribution >= 0.6 is 0 Å². The number of benzene rings is 2. The lowest BCUT2D eigenvalue weighted by Crippen LogP contribution is -2.46. The van der Waals surface area contributed by atoms with Gasteiger partial charge in [-0.3, -0.25) is 19.4 Å². The molecule has 0 aromatic heterocycles. The Kier molecular flexibility index (Phi) is 5.23. The molecule has 4 atom stereocenters. The molecule has 3 aliphatic heterocycles. The number of rotatable bonds is 5. The molecule has 5 rings (SSSR count). The Morgan fingerprint density at radius 2 is 1.68 bits per heavy atom. The van der Waals surface area contributed by atoms with Gasteiger partial charge in [0.15, 0.2) is 17.3 Å². The normalized spacial score (nSPS) is 24.9. The summed E-state index contributed by atoms with van der Waals surface area (Å²) < 4.78 is 10.6. The summed E-state index contributed by atoms with van der Waals surface area (Å²) in [6.45, 7) is 3.83. The molecule has 0 N–H and O–H groups in total. The van der Waals surface area contributed by atoms with Crippen molar-refractivity contribution in [1.82, 2.24) is 5.01 Å². The summed E-state index contributed by atoms with van der Waals surface area (Å²) in [6.07, 6.45) is 5.16. The number of Topliss-reactive ketones (excluding diaryl/α,β-unsaturated/α-hetero) is 1. The van der Waals surface area contributed by atoms with Crippen LogP contribution in [0.5, 0.6) is 11.5 Å². The van der Waals surface area contributed by atoms with Gasteiger partial charge in [-0.15, -0.1) is 0 Å². The van der Waals surface area contributed by atoms with E-state index in [1.807, 2.05) is 32.1 Å². The van der Waals surface area contributed by atoms with E-state index in [4.69, 9.17) is 9.47 Å². The van der Waals surface area contributed by atoms with Crippen molar-refractivity contribution in [2.24, 2.45) is 16.9 Å². The van der Waals surface area contributed by atoms with Gasteiger partial charge in [0, 0.05) is 11.8 Å². The largest absolute Gasteiger partial charge is 0.493 e. The second-order valence-electron chi connectivity index (χ2n) is 8.75. The smallest absolute Gasteiger partial charge is 0.240 e. The highest BCUT2D eigenvalue weighted by Gasteiger charge is 2.64. The summed E-state index contributed by atoms with van der Waals surface area (Å²) in [6, 6.07) is 9.10. The maximum absolute atomic E-state index is 13.8. The Morgan fingerprint density at radius 1 is 0.941 bits per heavy atom. The molecular formula is C26H25N3O5. The average Bonchev–Trinajstić information content (AvgIpc) is 3.31. The van der Waals surface area contributed by atoms with Gasteiger partial charge in [0.1, 0.15) is 6.04 Å². The fourth-order valence-corrected chi connectivity index (χ4v) is 5.29. The van der Waals surface area contributed by atoms with Gasteiger partial charge in [-0.05, 0) is 49.8 Å². The summed E-state index contributed by atoms with van der Waals surface area (Å²) in [4.78, 5) is 42.4. The summed E-state index contributed by atoms with van der Waals surface area (Å²) in [5.74, 6) is -1.62. The highest BCUT2D eigenvalue weighted by atomic mass is 16.5. The van der Waals surface area contributed by atoms with Crippen molar-refractivity contribution in [2.75, 3.05) is 19.1 Å². The van der Waals surface area contributed by atoms with E-state index in [0.717, 1.165) is 11.1 Å². The van der Waals surface area contributed by atoms with Crippen LogP contribution in [-0.2, 0) is 9.59 Å². The Hall–Kier alpha value is -3.94. The molecule has 4 unspecified atom stereocenters. The van der Waals surface area contributed by atoms with Crippen LogP contribution in [0.4, 0.5) is 5.69 Å². The van der Waals surface area contributed by atoms with Crippen LogP contribution in [0.15, 0.2) is 53.7 Å². The standard InChI is InChI=1S/C26H25N3O5/c1-14-7-9-17(15(2)12-14)28-25(31)21-18-6-5-11-27-29(18)23(22(21)26(28)32)24(30)16-8-10-19(33-3)20(13-16)34-4/h5-13,18,21-23H,1-4H3. The first-order valence-electron chi connectivity index (χ1n) is 11.1. The van der Waals surface area contributed by atoms with Crippen LogP contribution in [0, 0.1) is 25.7 Å². The third kappa shape index (κ3) is 3.13. The molecule has 3 aliphatic rings. The summed E-state index contributed by atoms with van der Waals surface area (Å²) in [7, 11) is 3.01. The number of allylic oxidation sites excluding steroid dienone is 1. The van der Waals surface area contributed by atoms with E-state index >= 15 is 0 Å². The maximum atomic E-state index is 13.8. The number of anilines is 1. The predicted octanol–water partition coefficient (Wildman–Crippen LogP) is 2.92. The topological polar surface area (TPSA) is 88.5 Å². The number of methoxy groups -OCH3 is 2. The van der Waals surface area contributed by atoms with Crippen LogP contribution in [-0.4, -0.2) is 55.1 Å². The Morgan fingerprint density at radius 3 is 2.38 bits per heavy atom. The van der Waals surface area contributed by atoms with Crippen molar-refractivity contribution in [3.05, 3.63) is 65.2 Å². The number of nitrogens with zero attached hydrogens (tertiary/aromatic N) is 3. The number of ether oxygens (including phenoxy) is 2.